The lowest BCUT2D eigenvalue weighted by molar-refractivity contribution is -0.122. The molecule has 0 heterocycles. The molecule has 0 spiro atoms. The highest BCUT2D eigenvalue weighted by Crippen LogP contribution is 2.49. The first-order valence-electron chi connectivity index (χ1n) is 7.24. The minimum atomic E-state index is -0.306. The highest BCUT2D eigenvalue weighted by atomic mass is 16.2. The van der Waals surface area contributed by atoms with Gasteiger partial charge in [-0.25, -0.2) is 0 Å². The van der Waals surface area contributed by atoms with Crippen LogP contribution in [0.4, 0.5) is 0 Å². The van der Waals surface area contributed by atoms with Crippen LogP contribution in [0.5, 0.6) is 0 Å². The Bertz CT molecular complexity index is 267. The maximum Gasteiger partial charge on any atom is 0.236 e. The van der Waals surface area contributed by atoms with Gasteiger partial charge in [0, 0.05) is 6.54 Å². The Morgan fingerprint density at radius 3 is 2.82 bits per heavy atom. The fraction of sp³-hybridized carbons (Fsp3) is 0.929. The Labute approximate surface area is 105 Å². The van der Waals surface area contributed by atoms with Gasteiger partial charge in [0.1, 0.15) is 0 Å². The molecule has 2 bridgehead atoms. The maximum atomic E-state index is 11.6. The van der Waals surface area contributed by atoms with Crippen LogP contribution in [-0.4, -0.2) is 18.5 Å². The SMILES string of the molecule is CCCC(N)C(=O)NCCC1CC2CCC1C2. The predicted molar refractivity (Wildman–Crippen MR) is 69.4 cm³/mol. The van der Waals surface area contributed by atoms with E-state index in [9.17, 15) is 4.79 Å². The first kappa shape index (κ1) is 12.9. The molecule has 17 heavy (non-hydrogen) atoms. The molecule has 0 aromatic carbocycles. The number of nitrogens with one attached hydrogen (secondary N) is 1. The van der Waals surface area contributed by atoms with E-state index in [1.165, 1.54) is 25.7 Å². The average molecular weight is 238 g/mol. The average Bonchev–Trinajstić information content (AvgIpc) is 2.91. The largest absolute Gasteiger partial charge is 0.355 e. The fourth-order valence-corrected chi connectivity index (χ4v) is 3.68. The third kappa shape index (κ3) is 3.21. The molecular formula is C14H26N2O. The Balaban J connectivity index is 1.61. The summed E-state index contributed by atoms with van der Waals surface area (Å²) < 4.78 is 0. The van der Waals surface area contributed by atoms with Gasteiger partial charge in [0.05, 0.1) is 6.04 Å². The number of nitrogens with two attached hydrogens (primary N) is 1. The van der Waals surface area contributed by atoms with Crippen molar-refractivity contribution in [3.63, 3.8) is 0 Å². The van der Waals surface area contributed by atoms with Gasteiger partial charge in [0.25, 0.3) is 0 Å². The van der Waals surface area contributed by atoms with Crippen LogP contribution in [0.15, 0.2) is 0 Å². The van der Waals surface area contributed by atoms with Crippen molar-refractivity contribution in [3.05, 3.63) is 0 Å². The zero-order chi connectivity index (χ0) is 12.3. The van der Waals surface area contributed by atoms with Gasteiger partial charge in [-0.3, -0.25) is 4.79 Å². The van der Waals surface area contributed by atoms with Crippen molar-refractivity contribution in [2.75, 3.05) is 6.54 Å². The Kier molecular flexibility index (Phi) is 4.43. The zero-order valence-electron chi connectivity index (χ0n) is 11.0. The third-order valence-electron chi connectivity index (χ3n) is 4.64. The Hall–Kier alpha value is -0.570. The number of hydrogen-bond acceptors (Lipinski definition) is 2. The second-order valence-corrected chi connectivity index (χ2v) is 5.91. The minimum Gasteiger partial charge on any atom is -0.355 e. The standard InChI is InChI=1S/C14H26N2O/c1-2-3-13(15)14(17)16-7-6-12-9-10-4-5-11(12)8-10/h10-13H,2-9,15H2,1H3,(H,16,17). The molecule has 4 unspecified atom stereocenters. The van der Waals surface area contributed by atoms with Crippen molar-refractivity contribution < 1.29 is 4.79 Å². The van der Waals surface area contributed by atoms with E-state index in [1.807, 2.05) is 0 Å². The maximum absolute atomic E-state index is 11.6. The number of amides is 1. The molecular weight excluding hydrogens is 212 g/mol. The van der Waals surface area contributed by atoms with Crippen LogP contribution in [0, 0.1) is 17.8 Å². The molecule has 0 aliphatic heterocycles. The Morgan fingerprint density at radius 2 is 2.24 bits per heavy atom. The van der Waals surface area contributed by atoms with Crippen molar-refractivity contribution in [2.24, 2.45) is 23.5 Å². The summed E-state index contributed by atoms with van der Waals surface area (Å²) in [6.45, 7) is 2.88. The highest BCUT2D eigenvalue weighted by molar-refractivity contribution is 5.81. The van der Waals surface area contributed by atoms with Crippen LogP contribution < -0.4 is 11.1 Å². The van der Waals surface area contributed by atoms with E-state index in [0.717, 1.165) is 43.6 Å². The quantitative estimate of drug-likeness (QED) is 0.744. The van der Waals surface area contributed by atoms with Crippen molar-refractivity contribution in [1.29, 1.82) is 0 Å². The van der Waals surface area contributed by atoms with Crippen molar-refractivity contribution >= 4 is 5.91 Å². The molecule has 2 rings (SSSR count). The number of rotatable bonds is 6. The summed E-state index contributed by atoms with van der Waals surface area (Å²) in [5, 5.41) is 2.99. The molecule has 0 radical (unpaired) electrons. The number of hydrogen-bond donors (Lipinski definition) is 2. The van der Waals surface area contributed by atoms with Gasteiger partial charge in [-0.2, -0.15) is 0 Å². The van der Waals surface area contributed by atoms with Gasteiger partial charge in [0.2, 0.25) is 5.91 Å². The van der Waals surface area contributed by atoms with Crippen molar-refractivity contribution in [1.82, 2.24) is 5.32 Å². The summed E-state index contributed by atoms with van der Waals surface area (Å²) in [7, 11) is 0. The Morgan fingerprint density at radius 1 is 1.41 bits per heavy atom. The first-order chi connectivity index (χ1) is 8.20. The molecule has 2 aliphatic carbocycles. The van der Waals surface area contributed by atoms with Gasteiger partial charge < -0.3 is 11.1 Å². The van der Waals surface area contributed by atoms with Gasteiger partial charge in [-0.15, -0.1) is 0 Å². The van der Waals surface area contributed by atoms with Crippen molar-refractivity contribution in [2.45, 2.75) is 57.9 Å². The predicted octanol–water partition coefficient (Wildman–Crippen LogP) is 2.06. The van der Waals surface area contributed by atoms with Gasteiger partial charge in [0.15, 0.2) is 0 Å². The van der Waals surface area contributed by atoms with E-state index in [1.54, 1.807) is 0 Å². The normalized spacial score (nSPS) is 32.7. The van der Waals surface area contributed by atoms with E-state index >= 15 is 0 Å². The fourth-order valence-electron chi connectivity index (χ4n) is 3.68. The van der Waals surface area contributed by atoms with Crippen LogP contribution in [0.1, 0.15) is 51.9 Å². The lowest BCUT2D eigenvalue weighted by atomic mass is 9.86. The lowest BCUT2D eigenvalue weighted by Gasteiger charge is -2.21. The third-order valence-corrected chi connectivity index (χ3v) is 4.64. The van der Waals surface area contributed by atoms with Crippen LogP contribution in [-0.2, 0) is 4.79 Å². The molecule has 4 atom stereocenters. The minimum absolute atomic E-state index is 0.0370. The summed E-state index contributed by atoms with van der Waals surface area (Å²) in [4.78, 5) is 11.6. The second kappa shape index (κ2) is 5.85. The molecule has 0 saturated heterocycles. The molecule has 0 aromatic rings. The molecule has 3 N–H and O–H groups in total. The highest BCUT2D eigenvalue weighted by Gasteiger charge is 2.38. The molecule has 1 amide bonds. The van der Waals surface area contributed by atoms with Gasteiger partial charge in [-0.1, -0.05) is 19.8 Å². The molecule has 2 saturated carbocycles. The summed E-state index contributed by atoms with van der Waals surface area (Å²) in [5.41, 5.74) is 5.77. The summed E-state index contributed by atoms with van der Waals surface area (Å²) in [6.07, 6.45) is 8.66. The van der Waals surface area contributed by atoms with Gasteiger partial charge in [-0.05, 0) is 49.9 Å². The van der Waals surface area contributed by atoms with Crippen molar-refractivity contribution in [3.8, 4) is 0 Å². The topological polar surface area (TPSA) is 55.1 Å². The number of carbonyl (C=O) groups excluding carboxylic acids is 1. The van der Waals surface area contributed by atoms with E-state index in [0.29, 0.717) is 0 Å². The zero-order valence-corrected chi connectivity index (χ0v) is 11.0. The monoisotopic (exact) mass is 238 g/mol. The van der Waals surface area contributed by atoms with Crippen LogP contribution in [0.2, 0.25) is 0 Å². The van der Waals surface area contributed by atoms with E-state index in [2.05, 4.69) is 12.2 Å². The van der Waals surface area contributed by atoms with Crippen LogP contribution in [0.3, 0.4) is 0 Å². The molecule has 2 aliphatic rings. The summed E-state index contributed by atoms with van der Waals surface area (Å²) in [5.74, 6) is 2.87. The molecule has 2 fully saturated rings. The second-order valence-electron chi connectivity index (χ2n) is 5.91. The first-order valence-corrected chi connectivity index (χ1v) is 7.24. The van der Waals surface area contributed by atoms with E-state index in [-0.39, 0.29) is 11.9 Å². The van der Waals surface area contributed by atoms with Crippen LogP contribution in [0.25, 0.3) is 0 Å². The smallest absolute Gasteiger partial charge is 0.236 e. The number of fused-ring (bicyclic) bond motifs is 2. The molecule has 98 valence electrons. The summed E-state index contributed by atoms with van der Waals surface area (Å²) >= 11 is 0. The van der Waals surface area contributed by atoms with E-state index < -0.39 is 0 Å². The molecule has 0 aromatic heterocycles. The summed E-state index contributed by atoms with van der Waals surface area (Å²) in [6, 6.07) is -0.306. The molecule has 3 heteroatoms. The van der Waals surface area contributed by atoms with Crippen LogP contribution >= 0.6 is 0 Å². The molecule has 3 nitrogen and oxygen atoms in total. The van der Waals surface area contributed by atoms with Gasteiger partial charge >= 0.3 is 0 Å². The lowest BCUT2D eigenvalue weighted by Crippen LogP contribution is -2.41. The van der Waals surface area contributed by atoms with E-state index in [4.69, 9.17) is 5.73 Å². The number of carbonyl (C=O) groups is 1.